The quantitative estimate of drug-likeness (QED) is 0.461. The molecule has 0 aromatic rings. The minimum atomic E-state index is -1.35. The van der Waals surface area contributed by atoms with Crippen molar-refractivity contribution in [3.05, 3.63) is 0 Å². The Bertz CT molecular complexity index is 91.7. The maximum absolute atomic E-state index is 10.1. The van der Waals surface area contributed by atoms with Crippen molar-refractivity contribution in [3.63, 3.8) is 0 Å². The fourth-order valence-electron chi connectivity index (χ4n) is 0.0816. The third-order valence-electron chi connectivity index (χ3n) is 0.319. The Hall–Kier alpha value is 0.460. The van der Waals surface area contributed by atoms with Gasteiger partial charge < -0.3 is 0 Å². The lowest BCUT2D eigenvalue weighted by Crippen LogP contribution is -1.76. The van der Waals surface area contributed by atoms with Crippen molar-refractivity contribution in [3.8, 4) is 0 Å². The van der Waals surface area contributed by atoms with Crippen LogP contribution in [0.25, 0.3) is 0 Å². The molecule has 0 aliphatic rings. The summed E-state index contributed by atoms with van der Waals surface area (Å²) < 4.78 is 14.5. The van der Waals surface area contributed by atoms with Gasteiger partial charge >= 0.3 is 0 Å². The molecule has 0 N–H and O–H groups in total. The summed E-state index contributed by atoms with van der Waals surface area (Å²) in [6, 6.07) is 0. The highest BCUT2D eigenvalue weighted by molar-refractivity contribution is 8.27. The molecule has 0 saturated heterocycles. The molecule has 1 atom stereocenters. The van der Waals surface area contributed by atoms with E-state index in [4.69, 9.17) is 0 Å². The number of thiol groups is 2. The molecule has 40 valence electrons. The van der Waals surface area contributed by atoms with E-state index in [1.807, 2.05) is 0 Å². The van der Waals surface area contributed by atoms with E-state index in [0.29, 0.717) is 0 Å². The maximum Gasteiger partial charge on any atom is 0.0913 e. The molecule has 0 rings (SSSR count). The van der Waals surface area contributed by atoms with Crippen LogP contribution in [0.15, 0.2) is 0 Å². The summed E-state index contributed by atoms with van der Waals surface area (Å²) in [5.41, 5.74) is 0. The number of hydrogen-bond donors (Lipinski definition) is 2. The second-order valence-electron chi connectivity index (χ2n) is 0.620. The molecule has 2 nitrogen and oxygen atoms in total. The van der Waals surface area contributed by atoms with Gasteiger partial charge in [0, 0.05) is 0 Å². The van der Waals surface area contributed by atoms with Crippen molar-refractivity contribution in [1.29, 1.82) is 0 Å². The van der Waals surface area contributed by atoms with Gasteiger partial charge in [-0.2, -0.15) is 0 Å². The Morgan fingerprint density at radius 2 is 2.33 bits per heavy atom. The predicted octanol–water partition coefficient (Wildman–Crippen LogP) is -0.611. The molecular weight excluding hydrogens is 120 g/mol. The van der Waals surface area contributed by atoms with Crippen LogP contribution in [0.3, 0.4) is 0 Å². The molecule has 0 aromatic carbocycles. The Balaban J connectivity index is 3.54. The van der Waals surface area contributed by atoms with E-state index in [1.54, 1.807) is 6.26 Å². The first-order chi connectivity index (χ1) is 2.81. The molecule has 4 heteroatoms. The van der Waals surface area contributed by atoms with Gasteiger partial charge in [0.05, 0.1) is 16.7 Å². The number of hydrogen-bond acceptors (Lipinski definition) is 2. The molecule has 0 heterocycles. The van der Waals surface area contributed by atoms with Crippen LogP contribution >= 0.6 is 0 Å². The van der Waals surface area contributed by atoms with E-state index in [0.717, 1.165) is 10.3 Å². The van der Waals surface area contributed by atoms with Gasteiger partial charge in [0.1, 0.15) is 0 Å². The fraction of sp³-hybridized carbons (Fsp3) is 1.00. The molecule has 0 fully saturated rings. The van der Waals surface area contributed by atoms with E-state index in [-0.39, 0.29) is 0 Å². The molecule has 0 amide bonds. The van der Waals surface area contributed by atoms with Crippen molar-refractivity contribution in [2.75, 3.05) is 13.4 Å². The van der Waals surface area contributed by atoms with Crippen molar-refractivity contribution in [2.45, 2.75) is 0 Å². The van der Waals surface area contributed by atoms with Crippen LogP contribution in [-0.4, -0.2) is 17.6 Å². The Morgan fingerprint density at radius 1 is 1.83 bits per heavy atom. The van der Waals surface area contributed by atoms with Crippen molar-refractivity contribution in [1.82, 2.24) is 0 Å². The van der Waals surface area contributed by atoms with E-state index >= 15 is 0 Å². The monoisotopic (exact) mass is 128 g/mol. The molecule has 6 heavy (non-hydrogen) atoms. The van der Waals surface area contributed by atoms with Crippen LogP contribution in [0.4, 0.5) is 0 Å². The van der Waals surface area contributed by atoms with Gasteiger partial charge in [0.15, 0.2) is 0 Å². The van der Waals surface area contributed by atoms with Gasteiger partial charge in [-0.1, -0.05) is 0 Å². The van der Waals surface area contributed by atoms with E-state index in [9.17, 15) is 4.21 Å². The molecule has 0 aromatic heterocycles. The van der Waals surface area contributed by atoms with Crippen LogP contribution in [0.2, 0.25) is 0 Å². The zero-order valence-electron chi connectivity index (χ0n) is 3.71. The second kappa shape index (κ2) is 3.64. The van der Waals surface area contributed by atoms with E-state index in [1.165, 1.54) is 7.11 Å². The maximum atomic E-state index is 10.1. The van der Waals surface area contributed by atoms with Crippen LogP contribution in [0.1, 0.15) is 0 Å². The topological polar surface area (TPSA) is 26.3 Å². The SMILES string of the molecule is CO/[SH](=O)=[SH]/C. The van der Waals surface area contributed by atoms with Gasteiger partial charge in [-0.25, -0.2) is 4.21 Å². The summed E-state index contributed by atoms with van der Waals surface area (Å²) >= 11 is 0. The largest absolute Gasteiger partial charge is 0.299 e. The lowest BCUT2D eigenvalue weighted by Gasteiger charge is -1.77. The van der Waals surface area contributed by atoms with Crippen LogP contribution in [0, 0.1) is 0 Å². The second-order valence-corrected chi connectivity index (χ2v) is 4.04. The Labute approximate surface area is 42.4 Å². The Kier molecular flexibility index (Phi) is 3.92. The van der Waals surface area contributed by atoms with Crippen molar-refractivity contribution >= 4 is 20.0 Å². The van der Waals surface area contributed by atoms with Crippen LogP contribution < -0.4 is 0 Å². The fourth-order valence-corrected chi connectivity index (χ4v) is 0.735. The molecule has 0 saturated carbocycles. The first-order valence-corrected chi connectivity index (χ1v) is 4.65. The average molecular weight is 128 g/mol. The van der Waals surface area contributed by atoms with Crippen LogP contribution in [0.5, 0.6) is 0 Å². The van der Waals surface area contributed by atoms with Gasteiger partial charge in [-0.3, -0.25) is 4.18 Å². The third-order valence-corrected chi connectivity index (χ3v) is 2.43. The lowest BCUT2D eigenvalue weighted by molar-refractivity contribution is 0.459. The van der Waals surface area contributed by atoms with Gasteiger partial charge in [0.25, 0.3) is 0 Å². The number of rotatable bonds is 1. The normalized spacial score (nSPS) is 16.3. The van der Waals surface area contributed by atoms with Crippen LogP contribution in [-0.2, 0) is 24.1 Å². The molecule has 0 aliphatic heterocycles. The summed E-state index contributed by atoms with van der Waals surface area (Å²) in [6.45, 7) is 0. The zero-order chi connectivity index (χ0) is 4.99. The lowest BCUT2D eigenvalue weighted by atomic mass is 11.8. The summed E-state index contributed by atoms with van der Waals surface area (Å²) in [5.74, 6) is 0. The van der Waals surface area contributed by atoms with E-state index < -0.39 is 9.64 Å². The summed E-state index contributed by atoms with van der Waals surface area (Å²) in [5, 5.41) is 0. The minimum Gasteiger partial charge on any atom is -0.299 e. The predicted molar refractivity (Wildman–Crippen MR) is 31.2 cm³/mol. The first kappa shape index (κ1) is 6.46. The highest BCUT2D eigenvalue weighted by atomic mass is 32.8. The summed E-state index contributed by atoms with van der Waals surface area (Å²) in [6.07, 6.45) is 1.79. The third kappa shape index (κ3) is 2.68. The van der Waals surface area contributed by atoms with Gasteiger partial charge in [0.2, 0.25) is 0 Å². The molecular formula is C2H8O2S2. The molecule has 0 bridgehead atoms. The minimum absolute atomic E-state index is 0.815. The highest BCUT2D eigenvalue weighted by Crippen LogP contribution is 1.61. The molecule has 0 spiro atoms. The smallest absolute Gasteiger partial charge is 0.0913 e. The summed E-state index contributed by atoms with van der Waals surface area (Å²) in [4.78, 5) is 0. The average Bonchev–Trinajstić information content (AvgIpc) is 1.65. The Morgan fingerprint density at radius 3 is 2.33 bits per heavy atom. The first-order valence-electron chi connectivity index (χ1n) is 1.42. The molecule has 1 unspecified atom stereocenters. The highest BCUT2D eigenvalue weighted by Gasteiger charge is 1.61. The molecule has 0 radical (unpaired) electrons. The standard InChI is InChI=1S/C2H8O2S2/c1-4-6(3)5-2/h5-6H,1-2H3. The summed E-state index contributed by atoms with van der Waals surface area (Å²) in [7, 11) is 0.901. The van der Waals surface area contributed by atoms with Gasteiger partial charge in [-0.15, -0.1) is 10.3 Å². The molecule has 0 aliphatic carbocycles. The van der Waals surface area contributed by atoms with E-state index in [2.05, 4.69) is 4.18 Å². The van der Waals surface area contributed by atoms with Crippen molar-refractivity contribution in [2.24, 2.45) is 0 Å². The van der Waals surface area contributed by atoms with Gasteiger partial charge in [-0.05, 0) is 6.26 Å². The zero-order valence-corrected chi connectivity index (χ0v) is 5.50. The van der Waals surface area contributed by atoms with Crippen molar-refractivity contribution < 1.29 is 8.39 Å².